The zero-order chi connectivity index (χ0) is 25.9. The summed E-state index contributed by atoms with van der Waals surface area (Å²) in [5, 5.41) is 13.5. The maximum Gasteiger partial charge on any atom is 0.303 e. The van der Waals surface area contributed by atoms with Crippen molar-refractivity contribution in [3.8, 4) is 16.9 Å². The Labute approximate surface area is 210 Å². The van der Waals surface area contributed by atoms with Gasteiger partial charge in [0.2, 0.25) is 0 Å². The van der Waals surface area contributed by atoms with Gasteiger partial charge >= 0.3 is 5.97 Å². The first kappa shape index (κ1) is 24.3. The molecule has 188 valence electrons. The number of halogens is 2. The molecule has 0 amide bonds. The number of fused-ring (bicyclic) bond motifs is 1. The van der Waals surface area contributed by atoms with E-state index in [0.717, 1.165) is 5.57 Å². The summed E-state index contributed by atoms with van der Waals surface area (Å²) in [7, 11) is 0. The van der Waals surface area contributed by atoms with E-state index in [2.05, 4.69) is 5.16 Å². The molecular weight excluding hydrogens is 480 g/mol. The Morgan fingerprint density at radius 1 is 1.03 bits per heavy atom. The molecule has 0 unspecified atom stereocenters. The monoisotopic (exact) mass is 503 g/mol. The molecule has 2 aromatic carbocycles. The first-order chi connectivity index (χ1) is 17.9. The van der Waals surface area contributed by atoms with Crippen LogP contribution in [0.1, 0.15) is 43.7 Å². The molecule has 0 bridgehead atoms. The van der Waals surface area contributed by atoms with Gasteiger partial charge in [-0.25, -0.2) is 13.8 Å². The zero-order valence-electron chi connectivity index (χ0n) is 19.8. The van der Waals surface area contributed by atoms with Crippen LogP contribution in [0.2, 0.25) is 0 Å². The van der Waals surface area contributed by atoms with Crippen LogP contribution in [-0.4, -0.2) is 25.8 Å². The van der Waals surface area contributed by atoms with Gasteiger partial charge in [0.15, 0.2) is 5.76 Å². The lowest BCUT2D eigenvalue weighted by atomic mass is 10.0. The molecule has 5 rings (SSSR count). The average Bonchev–Trinajstić information content (AvgIpc) is 3.38. The highest BCUT2D eigenvalue weighted by Crippen LogP contribution is 2.30. The second kappa shape index (κ2) is 10.3. The van der Waals surface area contributed by atoms with Crippen LogP contribution in [0.3, 0.4) is 0 Å². The van der Waals surface area contributed by atoms with E-state index in [1.54, 1.807) is 30.3 Å². The maximum absolute atomic E-state index is 13.5. The maximum atomic E-state index is 13.5. The van der Waals surface area contributed by atoms with Crippen LogP contribution in [0.15, 0.2) is 75.8 Å². The highest BCUT2D eigenvalue weighted by Gasteiger charge is 2.17. The number of carboxylic acids is 1. The van der Waals surface area contributed by atoms with Crippen LogP contribution in [0.4, 0.5) is 8.78 Å². The summed E-state index contributed by atoms with van der Waals surface area (Å²) < 4.78 is 33.8. The molecule has 2 heterocycles. The standard InChI is InChI=1S/C28H23F2N3O4/c29-19-8-5-17(6-9-19)25-16-23(32-37-25)18-7-14-22-24(15-18)31-26(3-1-2-4-27(34)35)33(28(22)36)21-12-10-20(30)11-13-21/h5,7-8,10-16H,1-4,6,9H2,(H,34,35). The van der Waals surface area contributed by atoms with Crippen LogP contribution >= 0.6 is 0 Å². The van der Waals surface area contributed by atoms with E-state index in [1.807, 2.05) is 0 Å². The molecule has 4 aromatic rings. The third-order valence-corrected chi connectivity index (χ3v) is 6.29. The number of rotatable bonds is 8. The first-order valence-electron chi connectivity index (χ1n) is 11.9. The molecule has 0 saturated heterocycles. The van der Waals surface area contributed by atoms with E-state index in [9.17, 15) is 18.4 Å². The summed E-state index contributed by atoms with van der Waals surface area (Å²) >= 11 is 0. The van der Waals surface area contributed by atoms with Gasteiger partial charge in [-0.2, -0.15) is 0 Å². The van der Waals surface area contributed by atoms with E-state index >= 15 is 0 Å². The van der Waals surface area contributed by atoms with Crippen molar-refractivity contribution in [2.45, 2.75) is 38.5 Å². The second-order valence-electron chi connectivity index (χ2n) is 8.86. The van der Waals surface area contributed by atoms with Crippen molar-refractivity contribution in [2.24, 2.45) is 0 Å². The topological polar surface area (TPSA) is 98.2 Å². The van der Waals surface area contributed by atoms with E-state index < -0.39 is 11.8 Å². The molecule has 7 nitrogen and oxygen atoms in total. The highest BCUT2D eigenvalue weighted by molar-refractivity contribution is 5.83. The largest absolute Gasteiger partial charge is 0.481 e. The van der Waals surface area contributed by atoms with Crippen molar-refractivity contribution < 1.29 is 23.2 Å². The van der Waals surface area contributed by atoms with E-state index in [1.165, 1.54) is 34.9 Å². The van der Waals surface area contributed by atoms with E-state index in [4.69, 9.17) is 14.6 Å². The number of carbonyl (C=O) groups is 1. The molecule has 0 radical (unpaired) electrons. The molecule has 37 heavy (non-hydrogen) atoms. The summed E-state index contributed by atoms with van der Waals surface area (Å²) in [6, 6.07) is 12.5. The molecule has 1 N–H and O–H groups in total. The molecule has 1 aliphatic rings. The molecule has 0 saturated carbocycles. The molecule has 9 heteroatoms. The Balaban J connectivity index is 1.54. The SMILES string of the molecule is O=C(O)CCCCc1nc2cc(-c3cc(C4=CC=C(F)CC4)on3)ccc2c(=O)n1-c1ccc(F)cc1. The predicted molar refractivity (Wildman–Crippen MR) is 134 cm³/mol. The number of hydrogen-bond donors (Lipinski definition) is 1. The quantitative estimate of drug-likeness (QED) is 0.296. The molecule has 0 atom stereocenters. The number of hydrogen-bond acceptors (Lipinski definition) is 5. The Hall–Kier alpha value is -4.40. The third kappa shape index (κ3) is 5.25. The van der Waals surface area contributed by atoms with Crippen LogP contribution in [0.25, 0.3) is 33.4 Å². The number of carboxylic acid groups (broad SMARTS) is 1. The lowest BCUT2D eigenvalue weighted by Gasteiger charge is -2.14. The van der Waals surface area contributed by atoms with Gasteiger partial charge in [0.25, 0.3) is 5.56 Å². The number of unbranched alkanes of at least 4 members (excludes halogenated alkanes) is 1. The van der Waals surface area contributed by atoms with Gasteiger partial charge in [0.05, 0.1) is 16.6 Å². The fourth-order valence-electron chi connectivity index (χ4n) is 4.35. The minimum atomic E-state index is -0.885. The van der Waals surface area contributed by atoms with Gasteiger partial charge in [-0.1, -0.05) is 17.3 Å². The Morgan fingerprint density at radius 2 is 1.84 bits per heavy atom. The number of aliphatic carboxylic acids is 1. The lowest BCUT2D eigenvalue weighted by Crippen LogP contribution is -2.24. The average molecular weight is 504 g/mol. The second-order valence-corrected chi connectivity index (χ2v) is 8.86. The Bertz CT molecular complexity index is 1600. The summed E-state index contributed by atoms with van der Waals surface area (Å²) in [6.07, 6.45) is 5.27. The van der Waals surface area contributed by atoms with Crippen molar-refractivity contribution in [3.63, 3.8) is 0 Å². The van der Waals surface area contributed by atoms with Gasteiger partial charge in [-0.3, -0.25) is 14.2 Å². The fourth-order valence-corrected chi connectivity index (χ4v) is 4.35. The molecule has 0 spiro atoms. The smallest absolute Gasteiger partial charge is 0.303 e. The van der Waals surface area contributed by atoms with Crippen LogP contribution in [0.5, 0.6) is 0 Å². The number of aromatic nitrogens is 3. The molecular formula is C28H23F2N3O4. The van der Waals surface area contributed by atoms with Gasteiger partial charge in [-0.15, -0.1) is 0 Å². The zero-order valence-corrected chi connectivity index (χ0v) is 19.8. The number of aryl methyl sites for hydroxylation is 1. The first-order valence-corrected chi connectivity index (χ1v) is 11.9. The van der Waals surface area contributed by atoms with Crippen molar-refractivity contribution >= 4 is 22.4 Å². The minimum absolute atomic E-state index is 0.0197. The molecule has 1 aliphatic carbocycles. The highest BCUT2D eigenvalue weighted by atomic mass is 19.1. The Kier molecular flexibility index (Phi) is 6.76. The van der Waals surface area contributed by atoms with Gasteiger partial charge in [0.1, 0.15) is 23.2 Å². The molecule has 2 aromatic heterocycles. The van der Waals surface area contributed by atoms with E-state index in [0.29, 0.717) is 71.5 Å². The summed E-state index contributed by atoms with van der Waals surface area (Å²) in [5.74, 6) is -0.472. The van der Waals surface area contributed by atoms with Crippen molar-refractivity contribution in [3.05, 3.63) is 94.3 Å². The van der Waals surface area contributed by atoms with Gasteiger partial charge < -0.3 is 9.63 Å². The van der Waals surface area contributed by atoms with Crippen molar-refractivity contribution in [1.82, 2.24) is 14.7 Å². The fraction of sp³-hybridized carbons (Fsp3) is 0.214. The van der Waals surface area contributed by atoms with Crippen molar-refractivity contribution in [2.75, 3.05) is 0 Å². The number of allylic oxidation sites excluding steroid dienone is 4. The van der Waals surface area contributed by atoms with Crippen molar-refractivity contribution in [1.29, 1.82) is 0 Å². The van der Waals surface area contributed by atoms with Crippen LogP contribution in [0, 0.1) is 5.82 Å². The summed E-state index contributed by atoms with van der Waals surface area (Å²) in [5.41, 5.74) is 2.73. The lowest BCUT2D eigenvalue weighted by molar-refractivity contribution is -0.137. The summed E-state index contributed by atoms with van der Waals surface area (Å²) in [4.78, 5) is 29.2. The van der Waals surface area contributed by atoms with E-state index in [-0.39, 0.29) is 17.8 Å². The normalized spacial score (nSPS) is 13.5. The third-order valence-electron chi connectivity index (χ3n) is 6.29. The Morgan fingerprint density at radius 3 is 2.57 bits per heavy atom. The van der Waals surface area contributed by atoms with Crippen LogP contribution < -0.4 is 5.56 Å². The number of nitrogens with zero attached hydrogens (tertiary/aromatic N) is 3. The van der Waals surface area contributed by atoms with Crippen LogP contribution in [-0.2, 0) is 11.2 Å². The number of benzene rings is 2. The molecule has 0 aliphatic heterocycles. The summed E-state index contributed by atoms with van der Waals surface area (Å²) in [6.45, 7) is 0. The van der Waals surface area contributed by atoms with Gasteiger partial charge in [0, 0.05) is 30.9 Å². The molecule has 0 fully saturated rings. The van der Waals surface area contributed by atoms with Gasteiger partial charge in [-0.05, 0) is 67.3 Å². The minimum Gasteiger partial charge on any atom is -0.481 e. The predicted octanol–water partition coefficient (Wildman–Crippen LogP) is 6.01.